The van der Waals surface area contributed by atoms with Crippen molar-refractivity contribution < 1.29 is 4.57 Å². The van der Waals surface area contributed by atoms with Gasteiger partial charge in [0.25, 0.3) is 0 Å². The maximum atomic E-state index is 15.0. The van der Waals surface area contributed by atoms with Crippen LogP contribution in [0.25, 0.3) is 21.7 Å². The van der Waals surface area contributed by atoms with Gasteiger partial charge in [-0.1, -0.05) is 90.5 Å². The Hall–Kier alpha value is -3.22. The van der Waals surface area contributed by atoms with Gasteiger partial charge in [0.2, 0.25) is 0 Å². The van der Waals surface area contributed by atoms with Crippen LogP contribution in [0.3, 0.4) is 0 Å². The summed E-state index contributed by atoms with van der Waals surface area (Å²) in [6.07, 6.45) is 0. The summed E-state index contributed by atoms with van der Waals surface area (Å²) in [6, 6.07) is 32.1. The van der Waals surface area contributed by atoms with Gasteiger partial charge in [-0.05, 0) is 36.9 Å². The summed E-state index contributed by atoms with van der Waals surface area (Å²) in [7, 11) is -3.18. The first-order valence-electron chi connectivity index (χ1n) is 10.1. The van der Waals surface area contributed by atoms with Gasteiger partial charge in [-0.3, -0.25) is 0 Å². The van der Waals surface area contributed by atoms with E-state index in [9.17, 15) is 0 Å². The highest BCUT2D eigenvalue weighted by Gasteiger charge is 2.33. The second kappa shape index (κ2) is 7.23. The maximum absolute atomic E-state index is 15.0. The first kappa shape index (κ1) is 18.8. The Morgan fingerprint density at radius 3 is 1.93 bits per heavy atom. The van der Waals surface area contributed by atoms with E-state index in [1.54, 1.807) is 0 Å². The van der Waals surface area contributed by atoms with Crippen molar-refractivity contribution in [1.29, 1.82) is 0 Å². The minimum absolute atomic E-state index is 0.671. The van der Waals surface area contributed by atoms with E-state index in [1.165, 1.54) is 5.56 Å². The minimum Gasteiger partial charge on any atom is -0.307 e. The molecule has 0 amide bonds. The predicted octanol–water partition coefficient (Wildman–Crippen LogP) is 5.64. The molecule has 0 aliphatic rings. The van der Waals surface area contributed by atoms with Gasteiger partial charge in [0.15, 0.2) is 7.14 Å². The Kier molecular flexibility index (Phi) is 4.53. The van der Waals surface area contributed by atoms with Crippen molar-refractivity contribution in [2.24, 2.45) is 0 Å². The van der Waals surface area contributed by atoms with Gasteiger partial charge in [-0.25, -0.2) is 4.98 Å². The summed E-state index contributed by atoms with van der Waals surface area (Å²) in [5.41, 5.74) is 3.82. The van der Waals surface area contributed by atoms with Crippen molar-refractivity contribution in [3.05, 3.63) is 108 Å². The van der Waals surface area contributed by atoms with Gasteiger partial charge in [0.1, 0.15) is 5.44 Å². The van der Waals surface area contributed by atoms with Crippen LogP contribution < -0.4 is 16.0 Å². The summed E-state index contributed by atoms with van der Waals surface area (Å²) in [5.74, 6) is 0. The molecule has 1 aromatic heterocycles. The van der Waals surface area contributed by atoms with E-state index in [0.29, 0.717) is 5.44 Å². The zero-order chi connectivity index (χ0) is 20.7. The van der Waals surface area contributed by atoms with E-state index in [-0.39, 0.29) is 0 Å². The Morgan fingerprint density at radius 1 is 0.667 bits per heavy atom. The van der Waals surface area contributed by atoms with Crippen LogP contribution in [-0.4, -0.2) is 4.98 Å². The van der Waals surface area contributed by atoms with Gasteiger partial charge < -0.3 is 4.57 Å². The summed E-state index contributed by atoms with van der Waals surface area (Å²) in [6.45, 7) is 4.17. The minimum atomic E-state index is -3.18. The molecule has 1 heterocycles. The lowest BCUT2D eigenvalue weighted by Crippen LogP contribution is -2.28. The molecule has 4 aromatic carbocycles. The molecule has 0 aliphatic carbocycles. The molecule has 146 valence electrons. The van der Waals surface area contributed by atoms with Crippen LogP contribution in [0.5, 0.6) is 0 Å². The predicted molar refractivity (Wildman–Crippen MR) is 128 cm³/mol. The fraction of sp³-hybridized carbons (Fsp3) is 0.0741. The lowest BCUT2D eigenvalue weighted by Gasteiger charge is -2.22. The van der Waals surface area contributed by atoms with Crippen molar-refractivity contribution >= 4 is 44.9 Å². The molecule has 3 heteroatoms. The Morgan fingerprint density at radius 2 is 1.30 bits per heavy atom. The number of aryl methyl sites for hydroxylation is 2. The molecule has 5 rings (SSSR count). The number of fused-ring (bicyclic) bond motifs is 3. The molecule has 5 aromatic rings. The monoisotopic (exact) mass is 407 g/mol. The Labute approximate surface area is 176 Å². The highest BCUT2D eigenvalue weighted by atomic mass is 31.2. The normalized spacial score (nSPS) is 11.8. The molecular weight excluding hydrogens is 385 g/mol. The first-order valence-corrected chi connectivity index (χ1v) is 11.8. The number of rotatable bonds is 3. The molecule has 30 heavy (non-hydrogen) atoms. The van der Waals surface area contributed by atoms with Crippen LogP contribution in [-0.2, 0) is 4.57 Å². The van der Waals surface area contributed by atoms with Gasteiger partial charge in [-0.2, -0.15) is 0 Å². The van der Waals surface area contributed by atoms with E-state index in [1.807, 2.05) is 66.7 Å². The van der Waals surface area contributed by atoms with Crippen molar-refractivity contribution in [2.75, 3.05) is 0 Å². The third-order valence-electron chi connectivity index (χ3n) is 5.70. The molecule has 0 bridgehead atoms. The average Bonchev–Trinajstić information content (AvgIpc) is 2.79. The topological polar surface area (TPSA) is 30.0 Å². The quantitative estimate of drug-likeness (QED) is 0.286. The smallest absolute Gasteiger partial charge is 0.189 e. The molecule has 0 saturated carbocycles. The van der Waals surface area contributed by atoms with E-state index in [2.05, 4.69) is 44.2 Å². The Bertz CT molecular complexity index is 1380. The number of hydrogen-bond donors (Lipinski definition) is 0. The second-order valence-corrected chi connectivity index (χ2v) is 10.4. The third-order valence-corrected chi connectivity index (χ3v) is 8.67. The van der Waals surface area contributed by atoms with Gasteiger partial charge in [-0.15, -0.1) is 0 Å². The van der Waals surface area contributed by atoms with Crippen molar-refractivity contribution in [3.63, 3.8) is 0 Å². The van der Waals surface area contributed by atoms with Crippen LogP contribution in [0, 0.1) is 13.8 Å². The summed E-state index contributed by atoms with van der Waals surface area (Å²) in [4.78, 5) is 5.07. The standard InChI is InChI=1S/C27H22NOP/c1-19-16-17-25-24(18-19)23-15-9-10-20(2)26(23)27(28-25)30(29,21-11-5-3-6-12-21)22-13-7-4-8-14-22/h3-18H,1-2H3. The van der Waals surface area contributed by atoms with Gasteiger partial charge >= 0.3 is 0 Å². The molecule has 0 fully saturated rings. The first-order chi connectivity index (χ1) is 14.6. The summed E-state index contributed by atoms with van der Waals surface area (Å²) < 4.78 is 15.0. The van der Waals surface area contributed by atoms with Crippen LogP contribution in [0.2, 0.25) is 0 Å². The lowest BCUT2D eigenvalue weighted by molar-refractivity contribution is 0.592. The zero-order valence-electron chi connectivity index (χ0n) is 17.0. The zero-order valence-corrected chi connectivity index (χ0v) is 17.9. The average molecular weight is 407 g/mol. The van der Waals surface area contributed by atoms with Crippen molar-refractivity contribution in [1.82, 2.24) is 4.98 Å². The molecule has 0 saturated heterocycles. The summed E-state index contributed by atoms with van der Waals surface area (Å²) >= 11 is 0. The number of hydrogen-bond acceptors (Lipinski definition) is 2. The van der Waals surface area contributed by atoms with E-state index >= 15 is 4.57 Å². The number of nitrogens with zero attached hydrogens (tertiary/aromatic N) is 1. The van der Waals surface area contributed by atoms with E-state index < -0.39 is 7.14 Å². The van der Waals surface area contributed by atoms with Crippen LogP contribution >= 0.6 is 7.14 Å². The van der Waals surface area contributed by atoms with Crippen molar-refractivity contribution in [2.45, 2.75) is 13.8 Å². The van der Waals surface area contributed by atoms with E-state index in [4.69, 9.17) is 4.98 Å². The van der Waals surface area contributed by atoms with Crippen LogP contribution in [0.4, 0.5) is 0 Å². The summed E-state index contributed by atoms with van der Waals surface area (Å²) in [5, 5.41) is 4.81. The fourth-order valence-corrected chi connectivity index (χ4v) is 7.05. The molecule has 0 unspecified atom stereocenters. The van der Waals surface area contributed by atoms with Crippen LogP contribution in [0.1, 0.15) is 11.1 Å². The fourth-order valence-electron chi connectivity index (χ4n) is 4.22. The van der Waals surface area contributed by atoms with Gasteiger partial charge in [0, 0.05) is 21.4 Å². The SMILES string of the molecule is Cc1ccc2nc(P(=O)(c3ccccc3)c3ccccc3)c3c(C)cccc3c2c1. The molecule has 0 radical (unpaired) electrons. The lowest BCUT2D eigenvalue weighted by atomic mass is 10.0. The van der Waals surface area contributed by atoms with Crippen LogP contribution in [0.15, 0.2) is 97.1 Å². The largest absolute Gasteiger partial charge is 0.307 e. The number of benzene rings is 4. The number of aromatic nitrogens is 1. The second-order valence-electron chi connectivity index (χ2n) is 7.73. The molecule has 2 nitrogen and oxygen atoms in total. The molecule has 0 atom stereocenters. The van der Waals surface area contributed by atoms with Gasteiger partial charge in [0.05, 0.1) is 5.52 Å². The highest BCUT2D eigenvalue weighted by molar-refractivity contribution is 7.85. The maximum Gasteiger partial charge on any atom is 0.189 e. The van der Waals surface area contributed by atoms with Crippen molar-refractivity contribution in [3.8, 4) is 0 Å². The molecule has 0 aliphatic heterocycles. The molecule has 0 spiro atoms. The number of pyridine rings is 1. The van der Waals surface area contributed by atoms with E-state index in [0.717, 1.165) is 37.8 Å². The molecular formula is C27H22NOP. The highest BCUT2D eigenvalue weighted by Crippen LogP contribution is 2.45. The third kappa shape index (κ3) is 2.88. The Balaban J connectivity index is 1.99. The molecule has 0 N–H and O–H groups in total.